The maximum atomic E-state index is 12.8. The monoisotopic (exact) mass is 439 g/mol. The summed E-state index contributed by atoms with van der Waals surface area (Å²) in [6.07, 6.45) is 0. The molecule has 32 heavy (non-hydrogen) atoms. The Morgan fingerprint density at radius 2 is 1.69 bits per heavy atom. The molecule has 7 heteroatoms. The van der Waals surface area contributed by atoms with Gasteiger partial charge in [-0.1, -0.05) is 13.8 Å². The van der Waals surface area contributed by atoms with E-state index < -0.39 is 11.9 Å². The van der Waals surface area contributed by atoms with Crippen LogP contribution >= 0.6 is 0 Å². The Hall–Kier alpha value is -3.48. The van der Waals surface area contributed by atoms with Crippen molar-refractivity contribution in [1.29, 1.82) is 0 Å². The van der Waals surface area contributed by atoms with Crippen molar-refractivity contribution in [2.75, 3.05) is 26.9 Å². The van der Waals surface area contributed by atoms with Crippen LogP contribution in [0, 0.1) is 12.8 Å². The van der Waals surface area contributed by atoms with Crippen LogP contribution in [0.3, 0.4) is 0 Å². The smallest absolute Gasteiger partial charge is 0.344 e. The SMILES string of the molecule is CCOC(=O)c1c(C)n(-c2ccc(OC)cc2)c2ccc(OCC(=O)OCC(C)C)cc12. The molecule has 1 aromatic heterocycles. The normalized spacial score (nSPS) is 10.9. The van der Waals surface area contributed by atoms with Gasteiger partial charge in [0.1, 0.15) is 11.5 Å². The van der Waals surface area contributed by atoms with Crippen LogP contribution in [0.1, 0.15) is 36.8 Å². The summed E-state index contributed by atoms with van der Waals surface area (Å²) < 4.78 is 23.3. The van der Waals surface area contributed by atoms with Gasteiger partial charge in [-0.25, -0.2) is 9.59 Å². The zero-order chi connectivity index (χ0) is 23.3. The lowest BCUT2D eigenvalue weighted by atomic mass is 10.1. The molecule has 0 radical (unpaired) electrons. The number of hydrogen-bond acceptors (Lipinski definition) is 6. The molecule has 0 aliphatic rings. The number of rotatable bonds is 9. The molecular weight excluding hydrogens is 410 g/mol. The van der Waals surface area contributed by atoms with Gasteiger partial charge in [-0.2, -0.15) is 0 Å². The molecule has 0 atom stereocenters. The second-order valence-corrected chi connectivity index (χ2v) is 7.76. The summed E-state index contributed by atoms with van der Waals surface area (Å²) in [5, 5.41) is 0.685. The van der Waals surface area contributed by atoms with Gasteiger partial charge in [-0.15, -0.1) is 0 Å². The highest BCUT2D eigenvalue weighted by Gasteiger charge is 2.22. The number of nitrogens with zero attached hydrogens (tertiary/aromatic N) is 1. The van der Waals surface area contributed by atoms with E-state index in [0.29, 0.717) is 23.3 Å². The molecule has 170 valence electrons. The van der Waals surface area contributed by atoms with Gasteiger partial charge in [0.25, 0.3) is 0 Å². The molecular formula is C25H29NO6. The zero-order valence-electron chi connectivity index (χ0n) is 19.1. The number of carbonyl (C=O) groups is 2. The first kappa shape index (κ1) is 23.2. The number of benzene rings is 2. The third-order valence-electron chi connectivity index (χ3n) is 4.92. The Labute approximate surface area is 187 Å². The second-order valence-electron chi connectivity index (χ2n) is 7.76. The minimum atomic E-state index is -0.434. The van der Waals surface area contributed by atoms with E-state index >= 15 is 0 Å². The van der Waals surface area contributed by atoms with Crippen molar-refractivity contribution in [2.24, 2.45) is 5.92 Å². The van der Waals surface area contributed by atoms with E-state index in [1.54, 1.807) is 26.2 Å². The van der Waals surface area contributed by atoms with Crippen molar-refractivity contribution < 1.29 is 28.5 Å². The van der Waals surface area contributed by atoms with Gasteiger partial charge in [-0.05, 0) is 62.2 Å². The molecule has 0 amide bonds. The number of esters is 2. The molecule has 0 fully saturated rings. The molecule has 1 heterocycles. The fourth-order valence-corrected chi connectivity index (χ4v) is 3.46. The summed E-state index contributed by atoms with van der Waals surface area (Å²) in [5.41, 5.74) is 2.92. The van der Waals surface area contributed by atoms with Crippen molar-refractivity contribution in [2.45, 2.75) is 27.7 Å². The maximum absolute atomic E-state index is 12.8. The summed E-state index contributed by atoms with van der Waals surface area (Å²) in [4.78, 5) is 24.7. The van der Waals surface area contributed by atoms with Crippen LogP contribution < -0.4 is 9.47 Å². The Bertz CT molecular complexity index is 1100. The van der Waals surface area contributed by atoms with E-state index in [0.717, 1.165) is 22.6 Å². The number of ether oxygens (including phenoxy) is 4. The maximum Gasteiger partial charge on any atom is 0.344 e. The molecule has 0 saturated carbocycles. The van der Waals surface area contributed by atoms with Gasteiger partial charge in [0.15, 0.2) is 6.61 Å². The largest absolute Gasteiger partial charge is 0.497 e. The third kappa shape index (κ3) is 5.04. The van der Waals surface area contributed by atoms with Crippen LogP contribution in [0.2, 0.25) is 0 Å². The van der Waals surface area contributed by atoms with Crippen LogP contribution in [-0.4, -0.2) is 43.4 Å². The highest BCUT2D eigenvalue weighted by Crippen LogP contribution is 2.33. The van der Waals surface area contributed by atoms with Crippen LogP contribution in [0.15, 0.2) is 42.5 Å². The number of methoxy groups -OCH3 is 1. The molecule has 0 aliphatic heterocycles. The van der Waals surface area contributed by atoms with E-state index in [4.69, 9.17) is 18.9 Å². The first-order valence-electron chi connectivity index (χ1n) is 10.6. The fraction of sp³-hybridized carbons (Fsp3) is 0.360. The third-order valence-corrected chi connectivity index (χ3v) is 4.92. The zero-order valence-corrected chi connectivity index (χ0v) is 19.1. The van der Waals surface area contributed by atoms with Crippen molar-refractivity contribution in [3.8, 4) is 17.2 Å². The van der Waals surface area contributed by atoms with Crippen LogP contribution in [0.5, 0.6) is 11.5 Å². The molecule has 0 spiro atoms. The lowest BCUT2D eigenvalue weighted by Crippen LogP contribution is -2.17. The number of hydrogen-bond donors (Lipinski definition) is 0. The molecule has 3 rings (SSSR count). The minimum Gasteiger partial charge on any atom is -0.497 e. The Morgan fingerprint density at radius 3 is 2.31 bits per heavy atom. The van der Waals surface area contributed by atoms with Crippen molar-refractivity contribution >= 4 is 22.8 Å². The summed E-state index contributed by atoms with van der Waals surface area (Å²) >= 11 is 0. The van der Waals surface area contributed by atoms with E-state index in [9.17, 15) is 9.59 Å². The fourth-order valence-electron chi connectivity index (χ4n) is 3.46. The number of carbonyl (C=O) groups excluding carboxylic acids is 2. The summed E-state index contributed by atoms with van der Waals surface area (Å²) in [6, 6.07) is 13.0. The van der Waals surface area contributed by atoms with Crippen molar-refractivity contribution in [3.63, 3.8) is 0 Å². The molecule has 3 aromatic rings. The Kier molecular flexibility index (Phi) is 7.41. The molecule has 0 bridgehead atoms. The van der Waals surface area contributed by atoms with E-state index in [-0.39, 0.29) is 19.1 Å². The number of fused-ring (bicyclic) bond motifs is 1. The highest BCUT2D eigenvalue weighted by molar-refractivity contribution is 6.07. The van der Waals surface area contributed by atoms with Gasteiger partial charge in [0.05, 0.1) is 31.4 Å². The first-order chi connectivity index (χ1) is 15.3. The van der Waals surface area contributed by atoms with Gasteiger partial charge in [0, 0.05) is 16.8 Å². The lowest BCUT2D eigenvalue weighted by molar-refractivity contribution is -0.147. The van der Waals surface area contributed by atoms with E-state index in [1.165, 1.54) is 0 Å². The summed E-state index contributed by atoms with van der Waals surface area (Å²) in [5.74, 6) is 0.625. The van der Waals surface area contributed by atoms with Crippen LogP contribution in [0.25, 0.3) is 16.6 Å². The van der Waals surface area contributed by atoms with Crippen molar-refractivity contribution in [1.82, 2.24) is 4.57 Å². The molecule has 7 nitrogen and oxygen atoms in total. The molecule has 0 unspecified atom stereocenters. The van der Waals surface area contributed by atoms with E-state index in [1.807, 2.05) is 55.7 Å². The van der Waals surface area contributed by atoms with E-state index in [2.05, 4.69) is 0 Å². The first-order valence-corrected chi connectivity index (χ1v) is 10.6. The Morgan fingerprint density at radius 1 is 1.00 bits per heavy atom. The van der Waals surface area contributed by atoms with Gasteiger partial charge < -0.3 is 23.5 Å². The topological polar surface area (TPSA) is 76.0 Å². The summed E-state index contributed by atoms with van der Waals surface area (Å²) in [7, 11) is 1.62. The second kappa shape index (κ2) is 10.2. The van der Waals surface area contributed by atoms with Gasteiger partial charge in [0.2, 0.25) is 0 Å². The number of aromatic nitrogens is 1. The molecule has 0 saturated heterocycles. The standard InChI is InChI=1S/C25H29NO6/c1-6-30-25(28)24-17(4)26(18-7-9-19(29-5)10-8-18)22-12-11-20(13-21(22)24)31-15-23(27)32-14-16(2)3/h7-13,16H,6,14-15H2,1-5H3. The highest BCUT2D eigenvalue weighted by atomic mass is 16.6. The average molecular weight is 440 g/mol. The molecule has 0 aliphatic carbocycles. The molecule has 2 aromatic carbocycles. The van der Waals surface area contributed by atoms with Crippen molar-refractivity contribution in [3.05, 3.63) is 53.7 Å². The summed E-state index contributed by atoms with van der Waals surface area (Å²) in [6.45, 7) is 7.99. The van der Waals surface area contributed by atoms with Crippen LogP contribution in [-0.2, 0) is 14.3 Å². The van der Waals surface area contributed by atoms with Gasteiger partial charge >= 0.3 is 11.9 Å². The lowest BCUT2D eigenvalue weighted by Gasteiger charge is -2.10. The predicted octanol–water partition coefficient (Wildman–Crippen LogP) is 4.70. The quantitative estimate of drug-likeness (QED) is 0.450. The predicted molar refractivity (Wildman–Crippen MR) is 122 cm³/mol. The van der Waals surface area contributed by atoms with Crippen LogP contribution in [0.4, 0.5) is 0 Å². The minimum absolute atomic E-state index is 0.203. The molecule has 0 N–H and O–H groups in total. The van der Waals surface area contributed by atoms with Gasteiger partial charge in [-0.3, -0.25) is 0 Å². The Balaban J connectivity index is 1.99. The average Bonchev–Trinajstić information content (AvgIpc) is 3.07.